The van der Waals surface area contributed by atoms with Gasteiger partial charge in [-0.2, -0.15) is 0 Å². The first-order chi connectivity index (χ1) is 12.2. The molecule has 0 radical (unpaired) electrons. The molecule has 0 aliphatic carbocycles. The molecule has 25 heavy (non-hydrogen) atoms. The number of ether oxygens (including phenoxy) is 4. The van der Waals surface area contributed by atoms with Crippen molar-refractivity contribution >= 4 is 11.6 Å². The number of hydrogen-bond acceptors (Lipinski definition) is 5. The minimum absolute atomic E-state index is 0.538. The molecular weight excluding hydrogens is 342 g/mol. The lowest BCUT2D eigenvalue weighted by atomic mass is 10.1. The van der Waals surface area contributed by atoms with Crippen LogP contribution in [0.25, 0.3) is 0 Å². The zero-order chi connectivity index (χ0) is 17.6. The molecule has 2 aromatic carbocycles. The molecule has 0 fully saturated rings. The average molecular weight is 364 g/mol. The summed E-state index contributed by atoms with van der Waals surface area (Å²) in [6.07, 6.45) is 0.836. The maximum Gasteiger partial charge on any atom is 0.179 e. The summed E-state index contributed by atoms with van der Waals surface area (Å²) in [6, 6.07) is 9.80. The van der Waals surface area contributed by atoms with E-state index in [4.69, 9.17) is 30.5 Å². The van der Waals surface area contributed by atoms with Crippen molar-refractivity contribution in [2.24, 2.45) is 0 Å². The Morgan fingerprint density at radius 3 is 2.76 bits per heavy atom. The zero-order valence-corrected chi connectivity index (χ0v) is 15.2. The number of halogens is 1. The molecule has 0 saturated carbocycles. The van der Waals surface area contributed by atoms with E-state index in [1.54, 1.807) is 14.2 Å². The van der Waals surface area contributed by atoms with Crippen LogP contribution >= 0.6 is 11.6 Å². The van der Waals surface area contributed by atoms with Gasteiger partial charge in [0.25, 0.3) is 0 Å². The lowest BCUT2D eigenvalue weighted by Crippen LogP contribution is -2.18. The number of nitrogens with one attached hydrogen (secondary N) is 1. The van der Waals surface area contributed by atoms with Crippen LogP contribution in [0, 0.1) is 0 Å². The Morgan fingerprint density at radius 1 is 1.12 bits per heavy atom. The third-order valence-electron chi connectivity index (χ3n) is 4.05. The molecule has 0 atom stereocenters. The summed E-state index contributed by atoms with van der Waals surface area (Å²) in [6.45, 7) is 2.59. The molecular formula is C19H22ClNO4. The van der Waals surface area contributed by atoms with Crippen molar-refractivity contribution in [2.45, 2.75) is 13.0 Å². The van der Waals surface area contributed by atoms with E-state index in [2.05, 4.69) is 5.32 Å². The minimum atomic E-state index is 0.538. The van der Waals surface area contributed by atoms with E-state index >= 15 is 0 Å². The number of para-hydroxylation sites is 1. The summed E-state index contributed by atoms with van der Waals surface area (Å²) in [5, 5.41) is 4.02. The zero-order valence-electron chi connectivity index (χ0n) is 14.4. The van der Waals surface area contributed by atoms with Gasteiger partial charge in [-0.15, -0.1) is 0 Å². The summed E-state index contributed by atoms with van der Waals surface area (Å²) >= 11 is 6.27. The molecule has 0 amide bonds. The van der Waals surface area contributed by atoms with Crippen LogP contribution in [0.1, 0.15) is 11.1 Å². The van der Waals surface area contributed by atoms with Crippen LogP contribution in [0.2, 0.25) is 5.02 Å². The first-order valence-corrected chi connectivity index (χ1v) is 8.59. The van der Waals surface area contributed by atoms with Crippen molar-refractivity contribution in [3.8, 4) is 23.0 Å². The van der Waals surface area contributed by atoms with Gasteiger partial charge in [0.2, 0.25) is 0 Å². The molecule has 2 aromatic rings. The molecule has 5 nitrogen and oxygen atoms in total. The van der Waals surface area contributed by atoms with E-state index in [1.165, 1.54) is 0 Å². The van der Waals surface area contributed by atoms with Crippen LogP contribution in [0.5, 0.6) is 23.0 Å². The molecule has 1 aliphatic heterocycles. The Bertz CT molecular complexity index is 736. The van der Waals surface area contributed by atoms with Crippen LogP contribution in [-0.2, 0) is 13.0 Å². The van der Waals surface area contributed by atoms with E-state index < -0.39 is 0 Å². The number of hydrogen-bond donors (Lipinski definition) is 1. The third-order valence-corrected chi connectivity index (χ3v) is 4.33. The van der Waals surface area contributed by atoms with E-state index in [0.29, 0.717) is 30.5 Å². The highest BCUT2D eigenvalue weighted by Crippen LogP contribution is 2.38. The Balaban J connectivity index is 1.58. The van der Waals surface area contributed by atoms with Gasteiger partial charge in [-0.1, -0.05) is 23.7 Å². The van der Waals surface area contributed by atoms with Crippen LogP contribution in [0.3, 0.4) is 0 Å². The van der Waals surface area contributed by atoms with Crippen molar-refractivity contribution in [3.05, 3.63) is 46.5 Å². The maximum atomic E-state index is 6.27. The quantitative estimate of drug-likeness (QED) is 0.763. The Morgan fingerprint density at radius 2 is 1.96 bits per heavy atom. The van der Waals surface area contributed by atoms with Gasteiger partial charge in [-0.25, -0.2) is 0 Å². The van der Waals surface area contributed by atoms with Crippen LogP contribution in [0.15, 0.2) is 30.3 Å². The average Bonchev–Trinajstić information content (AvgIpc) is 2.65. The third kappa shape index (κ3) is 4.11. The molecule has 0 saturated heterocycles. The second kappa shape index (κ2) is 8.32. The fourth-order valence-corrected chi connectivity index (χ4v) is 3.15. The van der Waals surface area contributed by atoms with Crippen molar-refractivity contribution in [1.82, 2.24) is 5.32 Å². The van der Waals surface area contributed by atoms with E-state index in [-0.39, 0.29) is 0 Å². The standard InChI is InChI=1S/C19H22ClNO4/c1-22-16-5-3-4-14(18(16)23-2)12-21-7-6-13-10-15(20)19-17(11-13)24-8-9-25-19/h3-5,10-11,21H,6-9,12H2,1-2H3. The first-order valence-electron chi connectivity index (χ1n) is 8.21. The molecule has 0 spiro atoms. The summed E-state index contributed by atoms with van der Waals surface area (Å²) in [5.41, 5.74) is 2.17. The molecule has 3 rings (SSSR count). The second-order valence-corrected chi connectivity index (χ2v) is 6.09. The highest BCUT2D eigenvalue weighted by molar-refractivity contribution is 6.32. The normalized spacial score (nSPS) is 12.8. The predicted molar refractivity (Wildman–Crippen MR) is 97.4 cm³/mol. The molecule has 1 N–H and O–H groups in total. The van der Waals surface area contributed by atoms with Crippen molar-refractivity contribution in [3.63, 3.8) is 0 Å². The molecule has 134 valence electrons. The molecule has 0 bridgehead atoms. The molecule has 0 aromatic heterocycles. The van der Waals surface area contributed by atoms with Gasteiger partial charge in [0.05, 0.1) is 19.2 Å². The Labute approximate surface area is 152 Å². The highest BCUT2D eigenvalue weighted by Gasteiger charge is 2.16. The van der Waals surface area contributed by atoms with Gasteiger partial charge in [0, 0.05) is 12.1 Å². The van der Waals surface area contributed by atoms with Gasteiger partial charge in [0.15, 0.2) is 23.0 Å². The van der Waals surface area contributed by atoms with E-state index in [1.807, 2.05) is 30.3 Å². The van der Waals surface area contributed by atoms with Crippen molar-refractivity contribution in [1.29, 1.82) is 0 Å². The molecule has 1 aliphatic rings. The fourth-order valence-electron chi connectivity index (χ4n) is 2.86. The summed E-state index contributed by atoms with van der Waals surface area (Å²) in [4.78, 5) is 0. The number of methoxy groups -OCH3 is 2. The summed E-state index contributed by atoms with van der Waals surface area (Å²) in [5.74, 6) is 2.87. The fraction of sp³-hybridized carbons (Fsp3) is 0.368. The number of fused-ring (bicyclic) bond motifs is 1. The summed E-state index contributed by atoms with van der Waals surface area (Å²) < 4.78 is 21.9. The van der Waals surface area contributed by atoms with Crippen molar-refractivity contribution < 1.29 is 18.9 Å². The highest BCUT2D eigenvalue weighted by atomic mass is 35.5. The van der Waals surface area contributed by atoms with Gasteiger partial charge >= 0.3 is 0 Å². The van der Waals surface area contributed by atoms with E-state index in [0.717, 1.165) is 41.3 Å². The summed E-state index contributed by atoms with van der Waals surface area (Å²) in [7, 11) is 3.29. The second-order valence-electron chi connectivity index (χ2n) is 5.68. The minimum Gasteiger partial charge on any atom is -0.493 e. The van der Waals surface area contributed by atoms with Gasteiger partial charge in [-0.05, 0) is 36.7 Å². The van der Waals surface area contributed by atoms with Gasteiger partial charge < -0.3 is 24.3 Å². The number of benzene rings is 2. The van der Waals surface area contributed by atoms with Crippen LogP contribution in [0.4, 0.5) is 0 Å². The number of rotatable bonds is 7. The SMILES string of the molecule is COc1cccc(CNCCc2cc(Cl)c3c(c2)OCCO3)c1OC. The Kier molecular flexibility index (Phi) is 5.89. The molecule has 0 unspecified atom stereocenters. The van der Waals surface area contributed by atoms with Crippen LogP contribution < -0.4 is 24.3 Å². The molecule has 6 heteroatoms. The predicted octanol–water partition coefficient (Wildman–Crippen LogP) is 3.46. The largest absolute Gasteiger partial charge is 0.493 e. The van der Waals surface area contributed by atoms with Crippen molar-refractivity contribution in [2.75, 3.05) is 34.0 Å². The van der Waals surface area contributed by atoms with E-state index in [9.17, 15) is 0 Å². The van der Waals surface area contributed by atoms with Gasteiger partial charge in [0.1, 0.15) is 13.2 Å². The van der Waals surface area contributed by atoms with Gasteiger partial charge in [-0.3, -0.25) is 0 Å². The lowest BCUT2D eigenvalue weighted by Gasteiger charge is -2.20. The molecule has 1 heterocycles. The lowest BCUT2D eigenvalue weighted by molar-refractivity contribution is 0.171. The van der Waals surface area contributed by atoms with Crippen LogP contribution in [-0.4, -0.2) is 34.0 Å². The smallest absolute Gasteiger partial charge is 0.179 e. The first kappa shape index (κ1) is 17.7. The monoisotopic (exact) mass is 363 g/mol. The maximum absolute atomic E-state index is 6.27. The Hall–Kier alpha value is -2.11. The topological polar surface area (TPSA) is 49.0 Å².